The van der Waals surface area contributed by atoms with Crippen molar-refractivity contribution in [3.05, 3.63) is 11.1 Å². The summed E-state index contributed by atoms with van der Waals surface area (Å²) in [5.41, 5.74) is 5.58. The van der Waals surface area contributed by atoms with Crippen LogP contribution in [0.1, 0.15) is 25.6 Å². The van der Waals surface area contributed by atoms with Gasteiger partial charge in [-0.15, -0.1) is 11.3 Å². The average molecular weight is 213 g/mol. The second kappa shape index (κ2) is 4.75. The van der Waals surface area contributed by atoms with Gasteiger partial charge in [-0.3, -0.25) is 4.90 Å². The fourth-order valence-corrected chi connectivity index (χ4v) is 2.04. The van der Waals surface area contributed by atoms with Gasteiger partial charge in [-0.2, -0.15) is 0 Å². The minimum absolute atomic E-state index is 0.582. The van der Waals surface area contributed by atoms with Crippen LogP contribution in [0.5, 0.6) is 0 Å². The molecule has 0 aliphatic heterocycles. The van der Waals surface area contributed by atoms with Crippen molar-refractivity contribution in [1.82, 2.24) is 9.88 Å². The number of hydrogen-bond donors (Lipinski definition) is 1. The van der Waals surface area contributed by atoms with E-state index in [1.807, 2.05) is 6.20 Å². The molecule has 0 radical (unpaired) electrons. The third kappa shape index (κ3) is 2.96. The second-order valence-corrected chi connectivity index (χ2v) is 5.21. The highest BCUT2D eigenvalue weighted by Crippen LogP contribution is 2.18. The monoisotopic (exact) mass is 213 g/mol. The highest BCUT2D eigenvalue weighted by Gasteiger charge is 2.13. The topological polar surface area (TPSA) is 42.2 Å². The lowest BCUT2D eigenvalue weighted by Crippen LogP contribution is -2.32. The van der Waals surface area contributed by atoms with E-state index in [-0.39, 0.29) is 0 Å². The first-order valence-corrected chi connectivity index (χ1v) is 5.72. The molecule has 1 aromatic heterocycles. The van der Waals surface area contributed by atoms with E-state index in [2.05, 4.69) is 37.7 Å². The number of nitrogen functional groups attached to an aromatic ring is 1. The van der Waals surface area contributed by atoms with E-state index in [0.29, 0.717) is 17.1 Å². The van der Waals surface area contributed by atoms with Gasteiger partial charge < -0.3 is 5.73 Å². The van der Waals surface area contributed by atoms with E-state index < -0.39 is 0 Å². The zero-order chi connectivity index (χ0) is 10.7. The van der Waals surface area contributed by atoms with Crippen LogP contribution >= 0.6 is 11.3 Å². The largest absolute Gasteiger partial charge is 0.375 e. The highest BCUT2D eigenvalue weighted by molar-refractivity contribution is 7.15. The van der Waals surface area contributed by atoms with Crippen LogP contribution < -0.4 is 5.73 Å². The first-order valence-electron chi connectivity index (χ1n) is 4.91. The Bertz CT molecular complexity index is 283. The van der Waals surface area contributed by atoms with Crippen LogP contribution in [-0.2, 0) is 6.54 Å². The molecule has 0 aromatic carbocycles. The third-order valence-corrected chi connectivity index (χ3v) is 3.45. The molecule has 1 aromatic rings. The van der Waals surface area contributed by atoms with Crippen LogP contribution in [0, 0.1) is 5.92 Å². The van der Waals surface area contributed by atoms with E-state index in [1.54, 1.807) is 11.3 Å². The van der Waals surface area contributed by atoms with Crippen molar-refractivity contribution in [2.24, 2.45) is 5.92 Å². The third-order valence-electron chi connectivity index (χ3n) is 2.64. The van der Waals surface area contributed by atoms with Crippen molar-refractivity contribution in [3.63, 3.8) is 0 Å². The summed E-state index contributed by atoms with van der Waals surface area (Å²) in [7, 11) is 2.14. The summed E-state index contributed by atoms with van der Waals surface area (Å²) >= 11 is 1.57. The highest BCUT2D eigenvalue weighted by atomic mass is 32.1. The van der Waals surface area contributed by atoms with Gasteiger partial charge in [-0.05, 0) is 19.9 Å². The van der Waals surface area contributed by atoms with Gasteiger partial charge in [-0.1, -0.05) is 13.8 Å². The van der Waals surface area contributed by atoms with Crippen molar-refractivity contribution in [2.75, 3.05) is 12.8 Å². The molecule has 0 fully saturated rings. The number of nitrogens with zero attached hydrogens (tertiary/aromatic N) is 2. The summed E-state index contributed by atoms with van der Waals surface area (Å²) in [6.07, 6.45) is 1.86. The summed E-state index contributed by atoms with van der Waals surface area (Å²) in [5, 5.41) is 0.658. The summed E-state index contributed by atoms with van der Waals surface area (Å²) in [5.74, 6) is 0.672. The van der Waals surface area contributed by atoms with E-state index in [0.717, 1.165) is 6.54 Å². The second-order valence-electron chi connectivity index (χ2n) is 4.06. The lowest BCUT2D eigenvalue weighted by atomic mass is 10.1. The molecule has 80 valence electrons. The molecule has 1 unspecified atom stereocenters. The van der Waals surface area contributed by atoms with Gasteiger partial charge in [0.2, 0.25) is 0 Å². The van der Waals surface area contributed by atoms with Crippen molar-refractivity contribution in [1.29, 1.82) is 0 Å². The van der Waals surface area contributed by atoms with Crippen LogP contribution in [0.2, 0.25) is 0 Å². The van der Waals surface area contributed by atoms with Crippen LogP contribution in [0.4, 0.5) is 5.13 Å². The number of hydrogen-bond acceptors (Lipinski definition) is 4. The molecular formula is C10H19N3S. The number of anilines is 1. The van der Waals surface area contributed by atoms with Gasteiger partial charge in [0.1, 0.15) is 0 Å². The molecule has 0 amide bonds. The van der Waals surface area contributed by atoms with E-state index >= 15 is 0 Å². The van der Waals surface area contributed by atoms with Gasteiger partial charge in [0.05, 0.1) is 0 Å². The molecule has 0 saturated heterocycles. The SMILES string of the molecule is CC(C)C(C)N(C)Cc1cnc(N)s1. The Morgan fingerprint density at radius 3 is 2.57 bits per heavy atom. The Hall–Kier alpha value is -0.610. The molecule has 0 bridgehead atoms. The van der Waals surface area contributed by atoms with E-state index in [4.69, 9.17) is 5.73 Å². The molecule has 0 saturated carbocycles. The first kappa shape index (κ1) is 11.5. The van der Waals surface area contributed by atoms with Crippen molar-refractivity contribution < 1.29 is 0 Å². The minimum atomic E-state index is 0.582. The number of rotatable bonds is 4. The fourth-order valence-electron chi connectivity index (χ4n) is 1.29. The molecule has 4 heteroatoms. The molecule has 1 atom stereocenters. The summed E-state index contributed by atoms with van der Waals surface area (Å²) in [6.45, 7) is 7.66. The minimum Gasteiger partial charge on any atom is -0.375 e. The predicted octanol–water partition coefficient (Wildman–Crippen LogP) is 2.20. The van der Waals surface area contributed by atoms with E-state index in [1.165, 1.54) is 4.88 Å². The van der Waals surface area contributed by atoms with Crippen molar-refractivity contribution >= 4 is 16.5 Å². The van der Waals surface area contributed by atoms with Gasteiger partial charge in [0.15, 0.2) is 5.13 Å². The van der Waals surface area contributed by atoms with Crippen molar-refractivity contribution in [2.45, 2.75) is 33.4 Å². The summed E-state index contributed by atoms with van der Waals surface area (Å²) in [4.78, 5) is 7.61. The van der Waals surface area contributed by atoms with Crippen molar-refractivity contribution in [3.8, 4) is 0 Å². The maximum absolute atomic E-state index is 5.58. The molecule has 1 heterocycles. The van der Waals surface area contributed by atoms with Gasteiger partial charge in [0.25, 0.3) is 0 Å². The van der Waals surface area contributed by atoms with Crippen LogP contribution in [0.3, 0.4) is 0 Å². The molecule has 0 aliphatic carbocycles. The summed E-state index contributed by atoms with van der Waals surface area (Å²) < 4.78 is 0. The Morgan fingerprint density at radius 1 is 1.50 bits per heavy atom. The normalized spacial score (nSPS) is 13.9. The zero-order valence-corrected chi connectivity index (χ0v) is 10.1. The molecule has 14 heavy (non-hydrogen) atoms. The smallest absolute Gasteiger partial charge is 0.180 e. The molecule has 2 N–H and O–H groups in total. The molecule has 1 rings (SSSR count). The molecular weight excluding hydrogens is 194 g/mol. The number of nitrogens with two attached hydrogens (primary N) is 1. The standard InChI is InChI=1S/C10H19N3S/c1-7(2)8(3)13(4)6-9-5-12-10(11)14-9/h5,7-8H,6H2,1-4H3,(H2,11,12). The van der Waals surface area contributed by atoms with Crippen LogP contribution in [0.25, 0.3) is 0 Å². The fraction of sp³-hybridized carbons (Fsp3) is 0.700. The quantitative estimate of drug-likeness (QED) is 0.833. The number of aromatic nitrogens is 1. The Morgan fingerprint density at radius 2 is 2.14 bits per heavy atom. The zero-order valence-electron chi connectivity index (χ0n) is 9.32. The van der Waals surface area contributed by atoms with E-state index in [9.17, 15) is 0 Å². The maximum Gasteiger partial charge on any atom is 0.180 e. The molecule has 0 spiro atoms. The van der Waals surface area contributed by atoms with Crippen LogP contribution in [0.15, 0.2) is 6.20 Å². The maximum atomic E-state index is 5.58. The van der Waals surface area contributed by atoms with Crippen LogP contribution in [-0.4, -0.2) is 23.0 Å². The Kier molecular flexibility index (Phi) is 3.89. The Balaban J connectivity index is 2.52. The first-order chi connectivity index (χ1) is 6.50. The Labute approximate surface area is 89.9 Å². The average Bonchev–Trinajstić information content (AvgIpc) is 2.49. The lowest BCUT2D eigenvalue weighted by Gasteiger charge is -2.27. The predicted molar refractivity (Wildman–Crippen MR) is 62.3 cm³/mol. The van der Waals surface area contributed by atoms with Gasteiger partial charge >= 0.3 is 0 Å². The van der Waals surface area contributed by atoms with Gasteiger partial charge in [0, 0.05) is 23.7 Å². The van der Waals surface area contributed by atoms with Gasteiger partial charge in [-0.25, -0.2) is 4.98 Å². The molecule has 3 nitrogen and oxygen atoms in total. The summed E-state index contributed by atoms with van der Waals surface area (Å²) in [6, 6.07) is 0.582. The number of thiazole rings is 1. The molecule has 0 aliphatic rings. The lowest BCUT2D eigenvalue weighted by molar-refractivity contribution is 0.202.